The van der Waals surface area contributed by atoms with Crippen LogP contribution in [0.2, 0.25) is 0 Å². The molecular formula is C20H35IN4O3. The maximum atomic E-state index is 5.41. The van der Waals surface area contributed by atoms with Crippen molar-refractivity contribution < 1.29 is 14.2 Å². The predicted molar refractivity (Wildman–Crippen MR) is 125 cm³/mol. The number of hydrogen-bond donors (Lipinski definition) is 2. The van der Waals surface area contributed by atoms with Crippen LogP contribution < -0.4 is 24.8 Å². The van der Waals surface area contributed by atoms with Crippen LogP contribution in [0.5, 0.6) is 17.2 Å². The van der Waals surface area contributed by atoms with Gasteiger partial charge in [0.2, 0.25) is 5.75 Å². The normalized spacial score (nSPS) is 15.5. The van der Waals surface area contributed by atoms with E-state index in [0.29, 0.717) is 23.8 Å². The first-order valence-electron chi connectivity index (χ1n) is 9.57. The molecule has 1 aromatic carbocycles. The van der Waals surface area contributed by atoms with Crippen molar-refractivity contribution in [1.29, 1.82) is 0 Å². The molecule has 1 heterocycles. The molecule has 160 valence electrons. The predicted octanol–water partition coefficient (Wildman–Crippen LogP) is 2.73. The molecule has 2 rings (SSSR count). The zero-order valence-electron chi connectivity index (χ0n) is 17.7. The van der Waals surface area contributed by atoms with Crippen molar-refractivity contribution in [2.24, 2.45) is 10.9 Å². The summed E-state index contributed by atoms with van der Waals surface area (Å²) < 4.78 is 16.2. The molecule has 0 aromatic heterocycles. The lowest BCUT2D eigenvalue weighted by atomic mass is 9.99. The average molecular weight is 506 g/mol. The summed E-state index contributed by atoms with van der Waals surface area (Å²) in [7, 11) is 6.63. The van der Waals surface area contributed by atoms with Gasteiger partial charge in [-0.2, -0.15) is 0 Å². The van der Waals surface area contributed by atoms with Gasteiger partial charge in [0.05, 0.1) is 21.3 Å². The number of guanidine groups is 1. The molecule has 28 heavy (non-hydrogen) atoms. The van der Waals surface area contributed by atoms with E-state index < -0.39 is 0 Å². The van der Waals surface area contributed by atoms with Crippen molar-refractivity contribution in [3.63, 3.8) is 0 Å². The summed E-state index contributed by atoms with van der Waals surface area (Å²) >= 11 is 0. The van der Waals surface area contributed by atoms with Gasteiger partial charge in [0.1, 0.15) is 0 Å². The highest BCUT2D eigenvalue weighted by Crippen LogP contribution is 2.38. The van der Waals surface area contributed by atoms with Crippen molar-refractivity contribution in [2.75, 3.05) is 54.6 Å². The lowest BCUT2D eigenvalue weighted by Gasteiger charge is -2.30. The van der Waals surface area contributed by atoms with E-state index in [9.17, 15) is 0 Å². The van der Waals surface area contributed by atoms with Crippen LogP contribution in [-0.2, 0) is 6.54 Å². The summed E-state index contributed by atoms with van der Waals surface area (Å²) in [6.07, 6.45) is 2.60. The van der Waals surface area contributed by atoms with Gasteiger partial charge in [-0.25, -0.2) is 0 Å². The van der Waals surface area contributed by atoms with Crippen LogP contribution in [0.4, 0.5) is 0 Å². The van der Waals surface area contributed by atoms with Gasteiger partial charge in [-0.3, -0.25) is 4.99 Å². The number of nitrogens with one attached hydrogen (secondary N) is 2. The Morgan fingerprint density at radius 3 is 2.18 bits per heavy atom. The van der Waals surface area contributed by atoms with Crippen molar-refractivity contribution >= 4 is 29.9 Å². The van der Waals surface area contributed by atoms with E-state index in [1.165, 1.54) is 25.9 Å². The number of methoxy groups -OCH3 is 3. The third-order valence-electron chi connectivity index (χ3n) is 5.00. The molecule has 0 atom stereocenters. The Kier molecular flexibility index (Phi) is 11.4. The van der Waals surface area contributed by atoms with Crippen LogP contribution >= 0.6 is 24.0 Å². The quantitative estimate of drug-likeness (QED) is 0.321. The molecular weight excluding hydrogens is 471 g/mol. The first kappa shape index (κ1) is 24.6. The fourth-order valence-corrected chi connectivity index (χ4v) is 3.26. The second-order valence-electron chi connectivity index (χ2n) is 6.91. The van der Waals surface area contributed by atoms with E-state index in [1.807, 2.05) is 12.1 Å². The third-order valence-corrected chi connectivity index (χ3v) is 5.00. The van der Waals surface area contributed by atoms with E-state index in [0.717, 1.165) is 30.5 Å². The highest BCUT2D eigenvalue weighted by molar-refractivity contribution is 14.0. The highest BCUT2D eigenvalue weighted by Gasteiger charge is 2.15. The van der Waals surface area contributed by atoms with Crippen molar-refractivity contribution in [1.82, 2.24) is 15.5 Å². The molecule has 1 aliphatic rings. The maximum absolute atomic E-state index is 5.41. The molecule has 0 amide bonds. The minimum atomic E-state index is 0. The molecule has 0 spiro atoms. The highest BCUT2D eigenvalue weighted by atomic mass is 127. The Hall–Kier alpha value is -1.42. The number of hydrogen-bond acceptors (Lipinski definition) is 5. The summed E-state index contributed by atoms with van der Waals surface area (Å²) in [5.41, 5.74) is 1.03. The third kappa shape index (κ3) is 7.20. The fraction of sp³-hybridized carbons (Fsp3) is 0.650. The molecule has 8 heteroatoms. The first-order valence-corrected chi connectivity index (χ1v) is 9.57. The lowest BCUT2D eigenvalue weighted by molar-refractivity contribution is 0.195. The minimum Gasteiger partial charge on any atom is -0.493 e. The first-order chi connectivity index (χ1) is 13.1. The molecule has 0 radical (unpaired) electrons. The van der Waals surface area contributed by atoms with Crippen LogP contribution in [0, 0.1) is 5.92 Å². The topological polar surface area (TPSA) is 67.4 Å². The Bertz CT molecular complexity index is 594. The Labute approximate surface area is 186 Å². The van der Waals surface area contributed by atoms with Crippen LogP contribution in [0.15, 0.2) is 17.1 Å². The molecule has 1 saturated heterocycles. The van der Waals surface area contributed by atoms with Crippen molar-refractivity contribution in [3.8, 4) is 17.2 Å². The van der Waals surface area contributed by atoms with E-state index in [1.54, 1.807) is 28.4 Å². The van der Waals surface area contributed by atoms with E-state index >= 15 is 0 Å². The summed E-state index contributed by atoms with van der Waals surface area (Å²) in [5, 5.41) is 6.73. The van der Waals surface area contributed by atoms with Crippen LogP contribution in [0.1, 0.15) is 25.3 Å². The van der Waals surface area contributed by atoms with Crippen LogP contribution in [0.25, 0.3) is 0 Å². The number of likely N-dealkylation sites (tertiary alicyclic amines) is 1. The summed E-state index contributed by atoms with van der Waals surface area (Å²) in [6, 6.07) is 3.88. The minimum absolute atomic E-state index is 0. The van der Waals surface area contributed by atoms with E-state index in [2.05, 4.69) is 27.4 Å². The van der Waals surface area contributed by atoms with Gasteiger partial charge >= 0.3 is 0 Å². The summed E-state index contributed by atoms with van der Waals surface area (Å²) in [6.45, 7) is 7.25. The van der Waals surface area contributed by atoms with E-state index in [-0.39, 0.29) is 24.0 Å². The molecule has 1 fully saturated rings. The molecule has 0 unspecified atom stereocenters. The fourth-order valence-electron chi connectivity index (χ4n) is 3.26. The Balaban J connectivity index is 0.00000392. The van der Waals surface area contributed by atoms with Gasteiger partial charge in [0.15, 0.2) is 17.5 Å². The molecule has 7 nitrogen and oxygen atoms in total. The maximum Gasteiger partial charge on any atom is 0.203 e. The van der Waals surface area contributed by atoms with Crippen molar-refractivity contribution in [2.45, 2.75) is 26.3 Å². The second kappa shape index (κ2) is 12.9. The summed E-state index contributed by atoms with van der Waals surface area (Å²) in [4.78, 5) is 6.82. The summed E-state index contributed by atoms with van der Waals surface area (Å²) in [5.74, 6) is 3.55. The average Bonchev–Trinajstić information content (AvgIpc) is 2.70. The number of aliphatic imine (C=N–C) groups is 1. The number of piperidine rings is 1. The number of nitrogens with zero attached hydrogens (tertiary/aromatic N) is 2. The van der Waals surface area contributed by atoms with Gasteiger partial charge in [-0.05, 0) is 49.5 Å². The smallest absolute Gasteiger partial charge is 0.203 e. The Morgan fingerprint density at radius 2 is 1.68 bits per heavy atom. The van der Waals surface area contributed by atoms with Gasteiger partial charge in [-0.1, -0.05) is 6.92 Å². The molecule has 1 aliphatic heterocycles. The largest absolute Gasteiger partial charge is 0.493 e. The molecule has 1 aromatic rings. The van der Waals surface area contributed by atoms with Crippen molar-refractivity contribution in [3.05, 3.63) is 17.7 Å². The van der Waals surface area contributed by atoms with Gasteiger partial charge in [-0.15, -0.1) is 24.0 Å². The van der Waals surface area contributed by atoms with Crippen LogP contribution in [0.3, 0.4) is 0 Å². The SMILES string of the molecule is CN=C(NCCN1CCC(C)CC1)NCc1cc(OC)c(OC)c(OC)c1.I. The van der Waals surface area contributed by atoms with E-state index in [4.69, 9.17) is 14.2 Å². The molecule has 0 saturated carbocycles. The standard InChI is InChI=1S/C20H34N4O3.HI/c1-15-6-9-24(10-7-15)11-8-22-20(21-2)23-14-16-12-17(25-3)19(27-5)18(13-16)26-4;/h12-13,15H,6-11,14H2,1-5H3,(H2,21,22,23);1H. The zero-order valence-corrected chi connectivity index (χ0v) is 20.0. The van der Waals surface area contributed by atoms with Crippen LogP contribution in [-0.4, -0.2) is 65.4 Å². The zero-order chi connectivity index (χ0) is 19.6. The monoisotopic (exact) mass is 506 g/mol. The number of benzene rings is 1. The number of ether oxygens (including phenoxy) is 3. The Morgan fingerprint density at radius 1 is 1.07 bits per heavy atom. The van der Waals surface area contributed by atoms with Gasteiger partial charge in [0.25, 0.3) is 0 Å². The van der Waals surface area contributed by atoms with Gasteiger partial charge in [0, 0.05) is 26.7 Å². The molecule has 0 bridgehead atoms. The number of rotatable bonds is 8. The molecule has 2 N–H and O–H groups in total. The van der Waals surface area contributed by atoms with Gasteiger partial charge < -0.3 is 29.7 Å². The lowest BCUT2D eigenvalue weighted by Crippen LogP contribution is -2.43. The number of halogens is 1. The molecule has 0 aliphatic carbocycles. The second-order valence-corrected chi connectivity index (χ2v) is 6.91.